The van der Waals surface area contributed by atoms with E-state index in [1.165, 1.54) is 77.3 Å². The van der Waals surface area contributed by atoms with Crippen LogP contribution in [0.3, 0.4) is 0 Å². The van der Waals surface area contributed by atoms with Crippen molar-refractivity contribution in [2.75, 3.05) is 19.7 Å². The minimum atomic E-state index is -0.232. The first-order valence-corrected chi connectivity index (χ1v) is 11.6. The Hall–Kier alpha value is -0.410. The molecule has 0 aromatic heterocycles. The number of carbonyl (C=O) groups excluding carboxylic acids is 1. The van der Waals surface area contributed by atoms with Crippen molar-refractivity contribution in [1.29, 1.82) is 0 Å². The number of aliphatic hydroxyl groups excluding tert-OH is 1. The minimum absolute atomic E-state index is 0.136. The molecular formula is C23H37NO2. The Morgan fingerprint density at radius 1 is 0.769 bits per heavy atom. The fraction of sp³-hybridized carbons (Fsp3) is 0.957. The summed E-state index contributed by atoms with van der Waals surface area (Å²) in [5.74, 6) is 5.54. The van der Waals surface area contributed by atoms with Crippen LogP contribution < -0.4 is 0 Å². The number of fused-ring (bicyclic) bond motifs is 5. The zero-order valence-electron chi connectivity index (χ0n) is 16.3. The molecule has 26 heavy (non-hydrogen) atoms. The Balaban J connectivity index is 1.30. The summed E-state index contributed by atoms with van der Waals surface area (Å²) in [5, 5.41) is 9.35. The number of hydrogen-bond donors (Lipinski definition) is 1. The molecule has 3 heteroatoms. The number of carbonyl (C=O) groups is 1. The van der Waals surface area contributed by atoms with Crippen LogP contribution in [-0.2, 0) is 4.79 Å². The van der Waals surface area contributed by atoms with Crippen LogP contribution in [0.25, 0.3) is 0 Å². The number of nitrogens with zero attached hydrogens (tertiary/aromatic N) is 1. The molecule has 8 atom stereocenters. The molecule has 1 heterocycles. The number of rotatable bonds is 3. The first-order chi connectivity index (χ1) is 12.8. The number of aliphatic hydroxyl groups is 1. The fourth-order valence-corrected chi connectivity index (χ4v) is 8.41. The van der Waals surface area contributed by atoms with E-state index in [0.717, 1.165) is 42.1 Å². The fourth-order valence-electron chi connectivity index (χ4n) is 8.41. The average Bonchev–Trinajstić information content (AvgIpc) is 3.36. The highest BCUT2D eigenvalue weighted by molar-refractivity contribution is 5.82. The van der Waals surface area contributed by atoms with E-state index in [-0.39, 0.29) is 18.3 Å². The normalized spacial score (nSPS) is 48.7. The third-order valence-electron chi connectivity index (χ3n) is 9.48. The van der Waals surface area contributed by atoms with Gasteiger partial charge in [-0.3, -0.25) is 4.79 Å². The maximum atomic E-state index is 12.2. The first-order valence-electron chi connectivity index (χ1n) is 11.6. The lowest BCUT2D eigenvalue weighted by Crippen LogP contribution is -2.48. The van der Waals surface area contributed by atoms with E-state index in [1.807, 2.05) is 0 Å². The van der Waals surface area contributed by atoms with Crippen molar-refractivity contribution >= 4 is 5.78 Å². The maximum Gasteiger partial charge on any atom is 0.161 e. The number of likely N-dealkylation sites (tertiary alicyclic amines) is 1. The molecule has 0 aromatic rings. The van der Waals surface area contributed by atoms with Crippen molar-refractivity contribution in [2.24, 2.45) is 41.4 Å². The molecule has 1 aliphatic heterocycles. The molecule has 146 valence electrons. The molecule has 4 aliphatic carbocycles. The van der Waals surface area contributed by atoms with Crippen LogP contribution in [0.4, 0.5) is 0 Å². The van der Waals surface area contributed by atoms with Crippen LogP contribution in [0, 0.1) is 41.4 Å². The highest BCUT2D eigenvalue weighted by Gasteiger charge is 2.53. The average molecular weight is 360 g/mol. The second kappa shape index (κ2) is 7.20. The molecule has 5 fully saturated rings. The van der Waals surface area contributed by atoms with Gasteiger partial charge in [0.1, 0.15) is 6.61 Å². The van der Waals surface area contributed by atoms with Crippen molar-refractivity contribution in [3.05, 3.63) is 0 Å². The van der Waals surface area contributed by atoms with Crippen LogP contribution in [0.1, 0.15) is 70.6 Å². The quantitative estimate of drug-likeness (QED) is 0.831. The lowest BCUT2D eigenvalue weighted by molar-refractivity contribution is -0.128. The number of hydrogen-bond acceptors (Lipinski definition) is 3. The van der Waals surface area contributed by atoms with Gasteiger partial charge >= 0.3 is 0 Å². The standard InChI is InChI=1S/C23H37NO2/c25-14-23(26)21-10-9-18-17-6-4-15-3-5-16(24-11-1-2-12-24)13-22(15)20(17)8-7-19(18)21/h15-22,25H,1-14H2. The smallest absolute Gasteiger partial charge is 0.161 e. The topological polar surface area (TPSA) is 40.5 Å². The van der Waals surface area contributed by atoms with Crippen molar-refractivity contribution in [2.45, 2.75) is 76.7 Å². The van der Waals surface area contributed by atoms with Gasteiger partial charge in [0.05, 0.1) is 0 Å². The van der Waals surface area contributed by atoms with Crippen molar-refractivity contribution in [3.63, 3.8) is 0 Å². The second-order valence-corrected chi connectivity index (χ2v) is 10.3. The third kappa shape index (κ3) is 2.89. The molecule has 4 saturated carbocycles. The predicted molar refractivity (Wildman–Crippen MR) is 103 cm³/mol. The molecule has 1 N–H and O–H groups in total. The summed E-state index contributed by atoms with van der Waals surface area (Å²) in [4.78, 5) is 15.0. The highest BCUT2D eigenvalue weighted by Crippen LogP contribution is 2.59. The summed E-state index contributed by atoms with van der Waals surface area (Å²) in [6.45, 7) is 2.47. The number of Topliss-reactive ketones (excluding diaryl/α,β-unsaturated/α-hetero) is 1. The van der Waals surface area contributed by atoms with Crippen LogP contribution >= 0.6 is 0 Å². The number of ketones is 1. The van der Waals surface area contributed by atoms with E-state index >= 15 is 0 Å². The summed E-state index contributed by atoms with van der Waals surface area (Å²) in [5.41, 5.74) is 0. The minimum Gasteiger partial charge on any atom is -0.389 e. The van der Waals surface area contributed by atoms with Gasteiger partial charge in [0.15, 0.2) is 5.78 Å². The lowest BCUT2D eigenvalue weighted by atomic mass is 9.53. The van der Waals surface area contributed by atoms with E-state index in [4.69, 9.17) is 0 Å². The van der Waals surface area contributed by atoms with E-state index in [1.54, 1.807) is 0 Å². The molecule has 1 saturated heterocycles. The van der Waals surface area contributed by atoms with Gasteiger partial charge in [0.25, 0.3) is 0 Å². The van der Waals surface area contributed by atoms with Crippen molar-refractivity contribution in [1.82, 2.24) is 4.90 Å². The van der Waals surface area contributed by atoms with Crippen LogP contribution in [0.15, 0.2) is 0 Å². The lowest BCUT2D eigenvalue weighted by Gasteiger charge is -2.54. The Morgan fingerprint density at radius 2 is 1.38 bits per heavy atom. The molecule has 0 bridgehead atoms. The first kappa shape index (κ1) is 17.7. The molecule has 5 rings (SSSR count). The van der Waals surface area contributed by atoms with Gasteiger partial charge in [0.2, 0.25) is 0 Å². The molecule has 3 nitrogen and oxygen atoms in total. The maximum absolute atomic E-state index is 12.2. The van der Waals surface area contributed by atoms with Crippen LogP contribution in [0.5, 0.6) is 0 Å². The van der Waals surface area contributed by atoms with E-state index in [0.29, 0.717) is 5.92 Å². The Morgan fingerprint density at radius 3 is 2.19 bits per heavy atom. The van der Waals surface area contributed by atoms with Gasteiger partial charge in [-0.2, -0.15) is 0 Å². The summed E-state index contributed by atoms with van der Waals surface area (Å²) in [6, 6.07) is 0.877. The molecule has 8 unspecified atom stereocenters. The third-order valence-corrected chi connectivity index (χ3v) is 9.48. The van der Waals surface area contributed by atoms with Crippen molar-refractivity contribution in [3.8, 4) is 0 Å². The second-order valence-electron chi connectivity index (χ2n) is 10.3. The Labute approximate surface area is 158 Å². The largest absolute Gasteiger partial charge is 0.389 e. The SMILES string of the molecule is O=C(CO)C1CCC2C1CCC1C3CC(N4CCCC4)CCC3CCC12. The van der Waals surface area contributed by atoms with E-state index < -0.39 is 0 Å². The molecule has 0 amide bonds. The summed E-state index contributed by atoms with van der Waals surface area (Å²) >= 11 is 0. The monoisotopic (exact) mass is 359 g/mol. The predicted octanol–water partition coefficient (Wildman–Crippen LogP) is 3.89. The summed E-state index contributed by atoms with van der Waals surface area (Å²) in [6.07, 6.45) is 15.1. The van der Waals surface area contributed by atoms with Gasteiger partial charge in [-0.25, -0.2) is 0 Å². The van der Waals surface area contributed by atoms with Gasteiger partial charge in [-0.15, -0.1) is 0 Å². The summed E-state index contributed by atoms with van der Waals surface area (Å²) in [7, 11) is 0. The van der Waals surface area contributed by atoms with Crippen LogP contribution in [0.2, 0.25) is 0 Å². The Kier molecular flexibility index (Phi) is 4.90. The van der Waals surface area contributed by atoms with E-state index in [9.17, 15) is 9.90 Å². The molecule has 5 aliphatic rings. The van der Waals surface area contributed by atoms with Crippen molar-refractivity contribution < 1.29 is 9.90 Å². The van der Waals surface area contributed by atoms with Gasteiger partial charge < -0.3 is 10.0 Å². The molecule has 0 aromatic carbocycles. The van der Waals surface area contributed by atoms with Gasteiger partial charge in [0, 0.05) is 12.0 Å². The zero-order chi connectivity index (χ0) is 17.7. The highest BCUT2D eigenvalue weighted by atomic mass is 16.3. The zero-order valence-corrected chi connectivity index (χ0v) is 16.3. The summed E-state index contributed by atoms with van der Waals surface area (Å²) < 4.78 is 0. The molecule has 0 spiro atoms. The molecular weight excluding hydrogens is 322 g/mol. The van der Waals surface area contributed by atoms with E-state index in [2.05, 4.69) is 4.90 Å². The van der Waals surface area contributed by atoms with Gasteiger partial charge in [-0.1, -0.05) is 0 Å². The Bertz CT molecular complexity index is 528. The van der Waals surface area contributed by atoms with Gasteiger partial charge in [-0.05, 0) is 119 Å². The van der Waals surface area contributed by atoms with Crippen LogP contribution in [-0.4, -0.2) is 41.5 Å². The molecule has 0 radical (unpaired) electrons.